The van der Waals surface area contributed by atoms with E-state index in [-0.39, 0.29) is 11.9 Å². The van der Waals surface area contributed by atoms with Crippen LogP contribution in [0.4, 0.5) is 4.39 Å². The summed E-state index contributed by atoms with van der Waals surface area (Å²) in [6.45, 7) is 1.07. The van der Waals surface area contributed by atoms with Crippen molar-refractivity contribution in [2.45, 2.75) is 19.0 Å². The van der Waals surface area contributed by atoms with Crippen molar-refractivity contribution < 1.29 is 13.9 Å². The van der Waals surface area contributed by atoms with Crippen LogP contribution >= 0.6 is 0 Å². The third-order valence-electron chi connectivity index (χ3n) is 4.55. The molecule has 1 aromatic heterocycles. The van der Waals surface area contributed by atoms with Crippen molar-refractivity contribution in [3.8, 4) is 17.2 Å². The third-order valence-corrected chi connectivity index (χ3v) is 4.55. The maximum Gasteiger partial charge on any atom is 0.164 e. The van der Waals surface area contributed by atoms with E-state index in [2.05, 4.69) is 10.4 Å². The van der Waals surface area contributed by atoms with Crippen LogP contribution in [0.15, 0.2) is 54.9 Å². The average Bonchev–Trinajstić information content (AvgIpc) is 3.20. The van der Waals surface area contributed by atoms with Crippen molar-refractivity contribution in [1.29, 1.82) is 0 Å². The molecule has 1 unspecified atom stereocenters. The Morgan fingerprint density at radius 1 is 1.31 bits per heavy atom. The van der Waals surface area contributed by atoms with Crippen molar-refractivity contribution >= 4 is 0 Å². The minimum atomic E-state index is -0.257. The molecular formula is C20H20FN3O2. The van der Waals surface area contributed by atoms with Crippen LogP contribution in [-0.4, -0.2) is 29.5 Å². The summed E-state index contributed by atoms with van der Waals surface area (Å²) in [5.74, 6) is 1.32. The van der Waals surface area contributed by atoms with Gasteiger partial charge in [-0.2, -0.15) is 5.10 Å². The minimum absolute atomic E-state index is 0.142. The summed E-state index contributed by atoms with van der Waals surface area (Å²) < 4.78 is 26.7. The third kappa shape index (κ3) is 3.28. The SMILES string of the molecule is COc1cccc2c1OCC(NCc1cc(F)ccc1-n1cccn1)C2. The van der Waals surface area contributed by atoms with Crippen molar-refractivity contribution in [3.63, 3.8) is 0 Å². The lowest BCUT2D eigenvalue weighted by molar-refractivity contribution is 0.226. The van der Waals surface area contributed by atoms with Gasteiger partial charge in [-0.25, -0.2) is 9.07 Å². The maximum atomic E-state index is 13.7. The molecule has 0 fully saturated rings. The zero-order valence-electron chi connectivity index (χ0n) is 14.5. The van der Waals surface area contributed by atoms with E-state index in [0.717, 1.165) is 34.7 Å². The summed E-state index contributed by atoms with van der Waals surface area (Å²) in [6, 6.07) is 12.6. The summed E-state index contributed by atoms with van der Waals surface area (Å²) >= 11 is 0. The average molecular weight is 353 g/mol. The number of aromatic nitrogens is 2. The van der Waals surface area contributed by atoms with Gasteiger partial charge in [0.25, 0.3) is 0 Å². The highest BCUT2D eigenvalue weighted by Gasteiger charge is 2.22. The Hall–Kier alpha value is -2.86. The lowest BCUT2D eigenvalue weighted by Crippen LogP contribution is -2.39. The normalized spacial score (nSPS) is 16.0. The second kappa shape index (κ2) is 7.17. The van der Waals surface area contributed by atoms with Crippen LogP contribution in [-0.2, 0) is 13.0 Å². The molecule has 0 aliphatic carbocycles. The summed E-state index contributed by atoms with van der Waals surface area (Å²) in [5.41, 5.74) is 2.83. The number of nitrogens with one attached hydrogen (secondary N) is 1. The first-order valence-electron chi connectivity index (χ1n) is 8.55. The first-order chi connectivity index (χ1) is 12.7. The van der Waals surface area contributed by atoms with Crippen molar-refractivity contribution in [1.82, 2.24) is 15.1 Å². The number of para-hydroxylation sites is 1. The fourth-order valence-electron chi connectivity index (χ4n) is 3.27. The molecule has 0 saturated carbocycles. The number of nitrogens with zero attached hydrogens (tertiary/aromatic N) is 2. The molecule has 0 bridgehead atoms. The minimum Gasteiger partial charge on any atom is -0.493 e. The van der Waals surface area contributed by atoms with Gasteiger partial charge in [-0.15, -0.1) is 0 Å². The van der Waals surface area contributed by atoms with Crippen LogP contribution in [0.3, 0.4) is 0 Å². The second-order valence-electron chi connectivity index (χ2n) is 6.27. The maximum absolute atomic E-state index is 13.7. The summed E-state index contributed by atoms with van der Waals surface area (Å²) in [5, 5.41) is 7.72. The highest BCUT2D eigenvalue weighted by Crippen LogP contribution is 2.34. The Bertz CT molecular complexity index is 896. The number of methoxy groups -OCH3 is 1. The molecule has 6 heteroatoms. The fourth-order valence-corrected chi connectivity index (χ4v) is 3.27. The van der Waals surface area contributed by atoms with Gasteiger partial charge in [-0.05, 0) is 47.9 Å². The summed E-state index contributed by atoms with van der Waals surface area (Å²) in [7, 11) is 1.64. The molecule has 0 saturated heterocycles. The number of hydrogen-bond acceptors (Lipinski definition) is 4. The van der Waals surface area contributed by atoms with Gasteiger partial charge in [-0.3, -0.25) is 0 Å². The van der Waals surface area contributed by atoms with Gasteiger partial charge in [0.05, 0.1) is 12.8 Å². The van der Waals surface area contributed by atoms with E-state index in [1.54, 1.807) is 30.1 Å². The van der Waals surface area contributed by atoms with E-state index in [1.807, 2.05) is 30.5 Å². The van der Waals surface area contributed by atoms with E-state index in [0.29, 0.717) is 13.2 Å². The summed E-state index contributed by atoms with van der Waals surface area (Å²) in [4.78, 5) is 0. The van der Waals surface area contributed by atoms with Crippen LogP contribution in [0.5, 0.6) is 11.5 Å². The van der Waals surface area contributed by atoms with Gasteiger partial charge in [0.15, 0.2) is 11.5 Å². The molecular weight excluding hydrogens is 333 g/mol. The molecule has 2 aromatic carbocycles. The lowest BCUT2D eigenvalue weighted by atomic mass is 10.0. The Labute approximate surface area is 151 Å². The number of benzene rings is 2. The highest BCUT2D eigenvalue weighted by atomic mass is 19.1. The van der Waals surface area contributed by atoms with Crippen LogP contribution in [0.2, 0.25) is 0 Å². The van der Waals surface area contributed by atoms with Crippen molar-refractivity contribution in [2.75, 3.05) is 13.7 Å². The molecule has 2 heterocycles. The van der Waals surface area contributed by atoms with Gasteiger partial charge >= 0.3 is 0 Å². The number of rotatable bonds is 5. The molecule has 1 N–H and O–H groups in total. The topological polar surface area (TPSA) is 48.3 Å². The molecule has 1 aliphatic heterocycles. The van der Waals surface area contributed by atoms with Gasteiger partial charge in [-0.1, -0.05) is 12.1 Å². The lowest BCUT2D eigenvalue weighted by Gasteiger charge is -2.27. The van der Waals surface area contributed by atoms with Gasteiger partial charge in [0.2, 0.25) is 0 Å². The van der Waals surface area contributed by atoms with Crippen LogP contribution in [0.25, 0.3) is 5.69 Å². The largest absolute Gasteiger partial charge is 0.493 e. The quantitative estimate of drug-likeness (QED) is 0.766. The van der Waals surface area contributed by atoms with E-state index < -0.39 is 0 Å². The number of ether oxygens (including phenoxy) is 2. The molecule has 0 amide bonds. The molecule has 1 atom stereocenters. The number of fused-ring (bicyclic) bond motifs is 1. The monoisotopic (exact) mass is 353 g/mol. The zero-order valence-corrected chi connectivity index (χ0v) is 14.5. The molecule has 26 heavy (non-hydrogen) atoms. The molecule has 0 radical (unpaired) electrons. The Kier molecular flexibility index (Phi) is 4.58. The van der Waals surface area contributed by atoms with Gasteiger partial charge < -0.3 is 14.8 Å². The zero-order chi connectivity index (χ0) is 17.9. The molecule has 5 nitrogen and oxygen atoms in total. The van der Waals surface area contributed by atoms with E-state index in [4.69, 9.17) is 9.47 Å². The molecule has 0 spiro atoms. The van der Waals surface area contributed by atoms with Crippen LogP contribution in [0.1, 0.15) is 11.1 Å². The first kappa shape index (κ1) is 16.6. The van der Waals surface area contributed by atoms with Crippen molar-refractivity contribution in [2.24, 2.45) is 0 Å². The molecule has 4 rings (SSSR count). The Morgan fingerprint density at radius 2 is 2.23 bits per heavy atom. The Balaban J connectivity index is 1.49. The van der Waals surface area contributed by atoms with Gasteiger partial charge in [0.1, 0.15) is 12.4 Å². The van der Waals surface area contributed by atoms with E-state index in [9.17, 15) is 4.39 Å². The van der Waals surface area contributed by atoms with Crippen LogP contribution in [0, 0.1) is 5.82 Å². The smallest absolute Gasteiger partial charge is 0.164 e. The molecule has 1 aliphatic rings. The first-order valence-corrected chi connectivity index (χ1v) is 8.55. The van der Waals surface area contributed by atoms with Gasteiger partial charge in [0, 0.05) is 25.0 Å². The molecule has 134 valence electrons. The Morgan fingerprint density at radius 3 is 3.04 bits per heavy atom. The highest BCUT2D eigenvalue weighted by molar-refractivity contribution is 5.48. The van der Waals surface area contributed by atoms with E-state index in [1.165, 1.54) is 6.07 Å². The standard InChI is InChI=1S/C20H20FN3O2/c1-25-19-5-2-4-14-11-17(13-26-20(14)19)22-12-15-10-16(21)6-7-18(15)24-9-3-8-23-24/h2-10,17,22H,11-13H2,1H3. The van der Waals surface area contributed by atoms with Crippen molar-refractivity contribution in [3.05, 3.63) is 71.8 Å². The number of halogens is 1. The predicted octanol–water partition coefficient (Wildman–Crippen LogP) is 3.11. The molecule has 3 aromatic rings. The summed E-state index contributed by atoms with van der Waals surface area (Å²) in [6.07, 6.45) is 4.39. The fraction of sp³-hybridized carbons (Fsp3) is 0.250. The van der Waals surface area contributed by atoms with E-state index >= 15 is 0 Å². The second-order valence-corrected chi connectivity index (χ2v) is 6.27. The predicted molar refractivity (Wildman–Crippen MR) is 96.3 cm³/mol. The number of hydrogen-bond donors (Lipinski definition) is 1. The van der Waals surface area contributed by atoms with Crippen LogP contribution < -0.4 is 14.8 Å².